The summed E-state index contributed by atoms with van der Waals surface area (Å²) in [4.78, 5) is 0. The quantitative estimate of drug-likeness (QED) is 0.329. The van der Waals surface area contributed by atoms with Gasteiger partial charge in [-0.05, 0) is 57.7 Å². The molecular formula is C20H35NO3Si. The molecule has 0 bridgehead atoms. The van der Waals surface area contributed by atoms with Crippen LogP contribution in [-0.4, -0.2) is 37.8 Å². The molecule has 0 aromatic rings. The monoisotopic (exact) mass is 365 g/mol. The third-order valence-corrected chi connectivity index (χ3v) is 10.9. The Kier molecular flexibility index (Phi) is 5.62. The van der Waals surface area contributed by atoms with Crippen LogP contribution in [-0.2, 0) is 13.9 Å². The lowest BCUT2D eigenvalue weighted by Gasteiger charge is -2.37. The van der Waals surface area contributed by atoms with E-state index < -0.39 is 8.32 Å². The summed E-state index contributed by atoms with van der Waals surface area (Å²) in [5.74, 6) is 0. The maximum absolute atomic E-state index is 9.49. The molecular weight excluding hydrogens is 330 g/mol. The topological polar surface area (TPSA) is 58.1 Å². The van der Waals surface area contributed by atoms with Crippen molar-refractivity contribution in [3.63, 3.8) is 0 Å². The second-order valence-corrected chi connectivity index (χ2v) is 14.3. The van der Waals surface area contributed by atoms with Gasteiger partial charge in [-0.15, -0.1) is 6.58 Å². The zero-order chi connectivity index (χ0) is 19.1. The first-order valence-electron chi connectivity index (χ1n) is 9.42. The molecule has 0 aromatic carbocycles. The number of nitriles is 1. The molecule has 142 valence electrons. The Morgan fingerprint density at radius 3 is 2.36 bits per heavy atom. The Labute approximate surface area is 154 Å². The molecule has 2 saturated heterocycles. The first-order valence-corrected chi connectivity index (χ1v) is 12.3. The minimum absolute atomic E-state index is 0.0464. The molecule has 0 aromatic heterocycles. The maximum atomic E-state index is 9.49. The van der Waals surface area contributed by atoms with E-state index in [2.05, 4.69) is 60.4 Å². The van der Waals surface area contributed by atoms with E-state index in [4.69, 9.17) is 13.9 Å². The van der Waals surface area contributed by atoms with Crippen molar-refractivity contribution in [2.24, 2.45) is 0 Å². The summed E-state index contributed by atoms with van der Waals surface area (Å²) in [6.07, 6.45) is 5.60. The van der Waals surface area contributed by atoms with Gasteiger partial charge in [-0.3, -0.25) is 0 Å². The van der Waals surface area contributed by atoms with Crippen molar-refractivity contribution in [3.8, 4) is 6.07 Å². The zero-order valence-electron chi connectivity index (χ0n) is 17.0. The molecule has 4 nitrogen and oxygen atoms in total. The van der Waals surface area contributed by atoms with Gasteiger partial charge >= 0.3 is 0 Å². The van der Waals surface area contributed by atoms with E-state index >= 15 is 0 Å². The van der Waals surface area contributed by atoms with Crippen molar-refractivity contribution in [1.82, 2.24) is 0 Å². The normalized spacial score (nSPS) is 35.8. The molecule has 2 rings (SSSR count). The minimum atomic E-state index is -1.91. The van der Waals surface area contributed by atoms with Crippen molar-refractivity contribution in [3.05, 3.63) is 12.7 Å². The van der Waals surface area contributed by atoms with Gasteiger partial charge in [-0.1, -0.05) is 26.8 Å². The lowest BCUT2D eigenvalue weighted by atomic mass is 9.93. The van der Waals surface area contributed by atoms with Crippen molar-refractivity contribution < 1.29 is 13.9 Å². The molecule has 2 aliphatic heterocycles. The number of rotatable bonds is 9. The smallest absolute Gasteiger partial charge is 0.193 e. The van der Waals surface area contributed by atoms with Gasteiger partial charge < -0.3 is 13.9 Å². The summed E-state index contributed by atoms with van der Waals surface area (Å²) in [5, 5.41) is 9.61. The SMILES string of the molecule is C=C[C@H]1O[C@]1(C)CC[C@@H]1O[C@@]1(C)CCC(C#N)O[Si](C)(C)C(C)(C)C. The van der Waals surface area contributed by atoms with E-state index in [0.717, 1.165) is 25.7 Å². The predicted octanol–water partition coefficient (Wildman–Crippen LogP) is 4.96. The Morgan fingerprint density at radius 1 is 1.24 bits per heavy atom. The van der Waals surface area contributed by atoms with Crippen LogP contribution in [0.4, 0.5) is 0 Å². The van der Waals surface area contributed by atoms with E-state index in [1.165, 1.54) is 0 Å². The highest BCUT2D eigenvalue weighted by Gasteiger charge is 2.55. The highest BCUT2D eigenvalue weighted by Crippen LogP contribution is 2.48. The van der Waals surface area contributed by atoms with E-state index in [9.17, 15) is 5.26 Å². The molecule has 2 fully saturated rings. The summed E-state index contributed by atoms with van der Waals surface area (Å²) in [7, 11) is -1.91. The molecule has 0 radical (unpaired) electrons. The van der Waals surface area contributed by atoms with E-state index in [-0.39, 0.29) is 34.6 Å². The number of hydrogen-bond donors (Lipinski definition) is 0. The Hall–Kier alpha value is -0.673. The molecule has 0 spiro atoms. The van der Waals surface area contributed by atoms with Crippen LogP contribution >= 0.6 is 0 Å². The number of hydrogen-bond acceptors (Lipinski definition) is 4. The van der Waals surface area contributed by atoms with Crippen LogP contribution in [0.15, 0.2) is 12.7 Å². The van der Waals surface area contributed by atoms with Crippen LogP contribution in [0.5, 0.6) is 0 Å². The van der Waals surface area contributed by atoms with Gasteiger partial charge in [0, 0.05) is 0 Å². The third-order valence-electron chi connectivity index (χ3n) is 6.38. The molecule has 5 atom stereocenters. The Balaban J connectivity index is 1.77. The minimum Gasteiger partial charge on any atom is -0.401 e. The average Bonchev–Trinajstić information content (AvgIpc) is 3.36. The van der Waals surface area contributed by atoms with Crippen LogP contribution < -0.4 is 0 Å². The highest BCUT2D eigenvalue weighted by molar-refractivity contribution is 6.74. The molecule has 1 unspecified atom stereocenters. The highest BCUT2D eigenvalue weighted by atomic mass is 28.4. The van der Waals surface area contributed by atoms with Gasteiger partial charge in [-0.25, -0.2) is 0 Å². The third kappa shape index (κ3) is 4.74. The number of nitrogens with zero attached hydrogens (tertiary/aromatic N) is 1. The van der Waals surface area contributed by atoms with Crippen LogP contribution in [0.25, 0.3) is 0 Å². The summed E-state index contributed by atoms with van der Waals surface area (Å²) >= 11 is 0. The molecule has 0 amide bonds. The van der Waals surface area contributed by atoms with Crippen molar-refractivity contribution in [1.29, 1.82) is 5.26 Å². The predicted molar refractivity (Wildman–Crippen MR) is 103 cm³/mol. The van der Waals surface area contributed by atoms with Crippen molar-refractivity contribution >= 4 is 8.32 Å². The van der Waals surface area contributed by atoms with Gasteiger partial charge in [-0.2, -0.15) is 5.26 Å². The van der Waals surface area contributed by atoms with Gasteiger partial charge in [0.2, 0.25) is 0 Å². The van der Waals surface area contributed by atoms with E-state index in [1.54, 1.807) is 0 Å². The molecule has 2 heterocycles. The van der Waals surface area contributed by atoms with E-state index in [0.29, 0.717) is 0 Å². The number of ether oxygens (including phenoxy) is 2. The van der Waals surface area contributed by atoms with Gasteiger partial charge in [0.1, 0.15) is 12.2 Å². The van der Waals surface area contributed by atoms with Crippen LogP contribution in [0.1, 0.15) is 60.3 Å². The first-order chi connectivity index (χ1) is 11.4. The average molecular weight is 366 g/mol. The Bertz CT molecular complexity index is 550. The molecule has 5 heteroatoms. The van der Waals surface area contributed by atoms with Crippen molar-refractivity contribution in [2.45, 2.75) is 108 Å². The maximum Gasteiger partial charge on any atom is 0.193 e. The Morgan fingerprint density at radius 2 is 1.88 bits per heavy atom. The molecule has 0 aliphatic carbocycles. The lowest BCUT2D eigenvalue weighted by Crippen LogP contribution is -2.43. The van der Waals surface area contributed by atoms with Crippen molar-refractivity contribution in [2.75, 3.05) is 0 Å². The molecule has 0 saturated carbocycles. The molecule has 25 heavy (non-hydrogen) atoms. The van der Waals surface area contributed by atoms with Gasteiger partial charge in [0.05, 0.1) is 23.4 Å². The lowest BCUT2D eigenvalue weighted by molar-refractivity contribution is 0.198. The second kappa shape index (κ2) is 6.81. The van der Waals surface area contributed by atoms with Gasteiger partial charge in [0.15, 0.2) is 8.32 Å². The van der Waals surface area contributed by atoms with Crippen LogP contribution in [0.2, 0.25) is 18.1 Å². The summed E-state index contributed by atoms with van der Waals surface area (Å²) in [5.41, 5.74) is -0.157. The molecule has 0 N–H and O–H groups in total. The standard InChI is InChI=1S/C20H35NO3Si/c1-9-16-19(5,22-16)13-11-17-20(6,23-17)12-10-15(14-21)24-25(7,8)18(2,3)4/h9,15-17H,1,10-13H2,2-8H3/t15?,16-,17+,19-,20+/m1/s1. The van der Waals surface area contributed by atoms with Gasteiger partial charge in [0.25, 0.3) is 0 Å². The largest absolute Gasteiger partial charge is 0.401 e. The first kappa shape index (κ1) is 20.6. The zero-order valence-corrected chi connectivity index (χ0v) is 18.0. The molecule has 2 aliphatic rings. The second-order valence-electron chi connectivity index (χ2n) is 9.58. The fourth-order valence-electron chi connectivity index (χ4n) is 3.15. The number of epoxide rings is 2. The fraction of sp³-hybridized carbons (Fsp3) is 0.850. The summed E-state index contributed by atoms with van der Waals surface area (Å²) < 4.78 is 17.9. The summed E-state index contributed by atoms with van der Waals surface area (Å²) in [6, 6.07) is 2.35. The fourth-order valence-corrected chi connectivity index (χ4v) is 4.38. The summed E-state index contributed by atoms with van der Waals surface area (Å²) in [6.45, 7) is 19.1. The van der Waals surface area contributed by atoms with E-state index in [1.807, 2.05) is 6.08 Å². The van der Waals surface area contributed by atoms with Crippen LogP contribution in [0, 0.1) is 11.3 Å². The van der Waals surface area contributed by atoms with Crippen LogP contribution in [0.3, 0.4) is 0 Å².